The number of aryl methyl sites for hydroxylation is 2. The largest absolute Gasteiger partial charge is 0.466 e. The maximum atomic E-state index is 10.9. The number of hydrogen-bond acceptors (Lipinski definition) is 5. The number of aliphatic hydroxyl groups is 1. The van der Waals surface area contributed by atoms with E-state index in [9.17, 15) is 5.11 Å². The molecule has 2 fully saturated rings. The van der Waals surface area contributed by atoms with Crippen molar-refractivity contribution in [1.29, 1.82) is 0 Å². The molecule has 3 unspecified atom stereocenters. The molecule has 3 rings (SSSR count). The van der Waals surface area contributed by atoms with Crippen LogP contribution in [0.1, 0.15) is 43.8 Å². The third-order valence-electron chi connectivity index (χ3n) is 5.47. The number of aliphatic imine (C=N–C) groups is 1. The number of guanidine groups is 1. The Morgan fingerprint density at radius 1 is 1.41 bits per heavy atom. The summed E-state index contributed by atoms with van der Waals surface area (Å²) in [7, 11) is 0. The van der Waals surface area contributed by atoms with Crippen LogP contribution in [0.25, 0.3) is 0 Å². The zero-order chi connectivity index (χ0) is 19.4. The Balaban J connectivity index is 1.56. The highest BCUT2D eigenvalue weighted by Gasteiger charge is 2.32. The van der Waals surface area contributed by atoms with Gasteiger partial charge in [-0.3, -0.25) is 4.90 Å². The van der Waals surface area contributed by atoms with Gasteiger partial charge in [0.15, 0.2) is 5.96 Å². The average molecular weight is 379 g/mol. The van der Waals surface area contributed by atoms with Gasteiger partial charge in [-0.05, 0) is 53.1 Å². The zero-order valence-corrected chi connectivity index (χ0v) is 17.0. The summed E-state index contributed by atoms with van der Waals surface area (Å²) in [6, 6.07) is 2.49. The van der Waals surface area contributed by atoms with Crippen LogP contribution >= 0.6 is 0 Å². The Morgan fingerprint density at radius 3 is 2.93 bits per heavy atom. The van der Waals surface area contributed by atoms with Gasteiger partial charge in [0, 0.05) is 31.2 Å². The summed E-state index contributed by atoms with van der Waals surface area (Å²) in [5, 5.41) is 17.5. The highest BCUT2D eigenvalue weighted by atomic mass is 16.5. The molecule has 27 heavy (non-hydrogen) atoms. The lowest BCUT2D eigenvalue weighted by atomic mass is 9.96. The molecule has 7 heteroatoms. The summed E-state index contributed by atoms with van der Waals surface area (Å²) in [5.41, 5.74) is -0.288. The maximum Gasteiger partial charge on any atom is 0.191 e. The third-order valence-corrected chi connectivity index (χ3v) is 5.47. The van der Waals surface area contributed by atoms with Crippen LogP contribution in [0, 0.1) is 13.8 Å². The molecule has 2 aliphatic heterocycles. The van der Waals surface area contributed by atoms with Crippen LogP contribution in [0.4, 0.5) is 0 Å². The summed E-state index contributed by atoms with van der Waals surface area (Å²) < 4.78 is 11.6. The molecule has 3 atom stereocenters. The number of nitrogens with one attached hydrogen (secondary N) is 2. The molecule has 0 bridgehead atoms. The number of ether oxygens (including phenoxy) is 1. The van der Waals surface area contributed by atoms with Gasteiger partial charge in [-0.1, -0.05) is 0 Å². The minimum atomic E-state index is -1.08. The molecule has 152 valence electrons. The van der Waals surface area contributed by atoms with Crippen molar-refractivity contribution in [3.05, 3.63) is 23.2 Å². The van der Waals surface area contributed by atoms with Crippen LogP contribution < -0.4 is 10.6 Å². The number of furan rings is 1. The predicted molar refractivity (Wildman–Crippen MR) is 106 cm³/mol. The molecule has 3 N–H and O–H groups in total. The van der Waals surface area contributed by atoms with Crippen molar-refractivity contribution in [2.45, 2.75) is 58.3 Å². The topological polar surface area (TPSA) is 82.3 Å². The van der Waals surface area contributed by atoms with Crippen molar-refractivity contribution < 1.29 is 14.3 Å². The van der Waals surface area contributed by atoms with Gasteiger partial charge >= 0.3 is 0 Å². The smallest absolute Gasteiger partial charge is 0.191 e. The first-order valence-electron chi connectivity index (χ1n) is 10.1. The third kappa shape index (κ3) is 5.03. The molecular weight excluding hydrogens is 344 g/mol. The van der Waals surface area contributed by atoms with E-state index in [4.69, 9.17) is 9.15 Å². The van der Waals surface area contributed by atoms with Gasteiger partial charge in [0.2, 0.25) is 0 Å². The summed E-state index contributed by atoms with van der Waals surface area (Å²) in [6.07, 6.45) is 2.70. The first kappa shape index (κ1) is 20.2. The number of morpholine rings is 1. The highest BCUT2D eigenvalue weighted by Crippen LogP contribution is 2.27. The summed E-state index contributed by atoms with van der Waals surface area (Å²) >= 11 is 0. The molecule has 2 aliphatic rings. The van der Waals surface area contributed by atoms with Gasteiger partial charge in [0.25, 0.3) is 0 Å². The van der Waals surface area contributed by atoms with E-state index in [0.717, 1.165) is 36.8 Å². The first-order chi connectivity index (χ1) is 12.9. The fourth-order valence-corrected chi connectivity index (χ4v) is 4.05. The Morgan fingerprint density at radius 2 is 2.22 bits per heavy atom. The minimum Gasteiger partial charge on any atom is -0.466 e. The van der Waals surface area contributed by atoms with Crippen molar-refractivity contribution in [1.82, 2.24) is 15.5 Å². The normalized spacial score (nSPS) is 25.9. The van der Waals surface area contributed by atoms with Crippen LogP contribution in [0.5, 0.6) is 0 Å². The second-order valence-corrected chi connectivity index (χ2v) is 7.92. The molecule has 0 saturated carbocycles. The molecule has 0 radical (unpaired) electrons. The van der Waals surface area contributed by atoms with Crippen LogP contribution in [0.3, 0.4) is 0 Å². The summed E-state index contributed by atoms with van der Waals surface area (Å²) in [6.45, 7) is 12.3. The molecule has 2 saturated heterocycles. The second-order valence-electron chi connectivity index (χ2n) is 7.92. The molecule has 1 aromatic heterocycles. The van der Waals surface area contributed by atoms with E-state index in [1.165, 1.54) is 19.4 Å². The monoisotopic (exact) mass is 378 g/mol. The van der Waals surface area contributed by atoms with Gasteiger partial charge in [-0.2, -0.15) is 0 Å². The number of nitrogens with zero attached hydrogens (tertiary/aromatic N) is 2. The predicted octanol–water partition coefficient (Wildman–Crippen LogP) is 1.52. The van der Waals surface area contributed by atoms with Crippen LogP contribution in [0.2, 0.25) is 0 Å². The van der Waals surface area contributed by atoms with Crippen LogP contribution in [-0.2, 0) is 10.3 Å². The average Bonchev–Trinajstić information content (AvgIpc) is 3.23. The van der Waals surface area contributed by atoms with E-state index in [-0.39, 0.29) is 12.6 Å². The fourth-order valence-electron chi connectivity index (χ4n) is 4.05. The number of fused-ring (bicyclic) bond motifs is 1. The fraction of sp³-hybridized carbons (Fsp3) is 0.750. The molecule has 0 aromatic carbocycles. The van der Waals surface area contributed by atoms with Crippen molar-refractivity contribution >= 4 is 5.96 Å². The van der Waals surface area contributed by atoms with Crippen molar-refractivity contribution in [2.75, 3.05) is 39.3 Å². The van der Waals surface area contributed by atoms with E-state index in [0.29, 0.717) is 18.5 Å². The van der Waals surface area contributed by atoms with Gasteiger partial charge < -0.3 is 24.9 Å². The van der Waals surface area contributed by atoms with Crippen molar-refractivity contribution in [3.8, 4) is 0 Å². The van der Waals surface area contributed by atoms with Crippen molar-refractivity contribution in [2.24, 2.45) is 4.99 Å². The maximum absolute atomic E-state index is 10.9. The van der Waals surface area contributed by atoms with E-state index in [2.05, 4.69) is 20.5 Å². The lowest BCUT2D eigenvalue weighted by Crippen LogP contribution is -2.51. The van der Waals surface area contributed by atoms with Crippen LogP contribution in [0.15, 0.2) is 15.5 Å². The van der Waals surface area contributed by atoms with Gasteiger partial charge in [-0.25, -0.2) is 4.99 Å². The summed E-state index contributed by atoms with van der Waals surface area (Å²) in [4.78, 5) is 7.13. The summed E-state index contributed by atoms with van der Waals surface area (Å²) in [5.74, 6) is 2.23. The Hall–Kier alpha value is -1.57. The van der Waals surface area contributed by atoms with E-state index in [1.807, 2.05) is 26.8 Å². The Kier molecular flexibility index (Phi) is 6.44. The molecule has 0 amide bonds. The quantitative estimate of drug-likeness (QED) is 0.514. The van der Waals surface area contributed by atoms with Gasteiger partial charge in [-0.15, -0.1) is 0 Å². The second kappa shape index (κ2) is 8.63. The first-order valence-corrected chi connectivity index (χ1v) is 10.1. The lowest BCUT2D eigenvalue weighted by molar-refractivity contribution is -0.0453. The number of rotatable bonds is 6. The van der Waals surface area contributed by atoms with E-state index < -0.39 is 5.60 Å². The molecule has 0 spiro atoms. The molecular formula is C20H34N4O3. The minimum absolute atomic E-state index is 0.169. The van der Waals surface area contributed by atoms with Crippen LogP contribution in [-0.4, -0.2) is 67.4 Å². The zero-order valence-electron chi connectivity index (χ0n) is 17.0. The number of hydrogen-bond donors (Lipinski definition) is 3. The Bertz CT molecular complexity index is 656. The van der Waals surface area contributed by atoms with E-state index in [1.54, 1.807) is 6.92 Å². The molecule has 7 nitrogen and oxygen atoms in total. The highest BCUT2D eigenvalue weighted by molar-refractivity contribution is 5.79. The van der Waals surface area contributed by atoms with Gasteiger partial charge in [0.05, 0.1) is 19.3 Å². The lowest BCUT2D eigenvalue weighted by Gasteiger charge is -2.35. The van der Waals surface area contributed by atoms with E-state index >= 15 is 0 Å². The van der Waals surface area contributed by atoms with Crippen molar-refractivity contribution in [3.63, 3.8) is 0 Å². The molecule has 1 aromatic rings. The molecule has 0 aliphatic carbocycles. The SMILES string of the molecule is CCNC(=NCC(C)(O)c1cc(C)oc1C)NCC1CN2CCCC2CO1. The van der Waals surface area contributed by atoms with Gasteiger partial charge in [0.1, 0.15) is 17.1 Å². The molecule has 3 heterocycles. The Labute approximate surface area is 162 Å². The standard InChI is InChI=1S/C20H34N4O3/c1-5-21-19(22-10-17-11-24-8-6-7-16(24)12-26-17)23-13-20(4,25)18-9-14(2)27-15(18)3/h9,16-17,25H,5-8,10-13H2,1-4H3,(H2,21,22,23).